The molecule has 1 saturated heterocycles. The summed E-state index contributed by atoms with van der Waals surface area (Å²) < 4.78 is 5.88. The van der Waals surface area contributed by atoms with Crippen molar-refractivity contribution in [2.75, 3.05) is 0 Å². The second-order valence-electron chi connectivity index (χ2n) is 10.6. The van der Waals surface area contributed by atoms with Gasteiger partial charge in [-0.1, -0.05) is 56.8 Å². The average Bonchev–Trinajstić information content (AvgIpc) is 2.70. The van der Waals surface area contributed by atoms with Gasteiger partial charge in [0.25, 0.3) is 0 Å². The van der Waals surface area contributed by atoms with E-state index < -0.39 is 25.2 Å². The highest BCUT2D eigenvalue weighted by Crippen LogP contribution is 2.40. The van der Waals surface area contributed by atoms with Gasteiger partial charge in [0.2, 0.25) is 0 Å². The second kappa shape index (κ2) is 8.46. The maximum atomic E-state index is 13.3. The number of carbonyl (C=O) groups excluding carboxylic acids is 2. The summed E-state index contributed by atoms with van der Waals surface area (Å²) in [6.45, 7) is 15.8. The van der Waals surface area contributed by atoms with E-state index in [1.54, 1.807) is 27.7 Å². The molecule has 0 atom stereocenters. The van der Waals surface area contributed by atoms with Crippen LogP contribution in [0.15, 0.2) is 42.5 Å². The fourth-order valence-electron chi connectivity index (χ4n) is 4.21. The zero-order chi connectivity index (χ0) is 23.9. The molecule has 0 N–H and O–H groups in total. The van der Waals surface area contributed by atoms with E-state index in [-0.39, 0.29) is 11.6 Å². The Morgan fingerprint density at radius 3 is 1.91 bits per heavy atom. The maximum absolute atomic E-state index is 13.3. The molecule has 32 heavy (non-hydrogen) atoms. The van der Waals surface area contributed by atoms with Gasteiger partial charge in [-0.15, -0.1) is 5.54 Å². The lowest BCUT2D eigenvalue weighted by atomic mass is 9.73. The third-order valence-electron chi connectivity index (χ3n) is 5.86. The molecule has 0 radical (unpaired) electrons. The van der Waals surface area contributed by atoms with Crippen LogP contribution in [0.3, 0.4) is 0 Å². The van der Waals surface area contributed by atoms with Crippen molar-refractivity contribution in [1.82, 2.24) is 0 Å². The molecule has 0 bridgehead atoms. The largest absolute Gasteiger partial charge is 0.354 e. The summed E-state index contributed by atoms with van der Waals surface area (Å²) in [5, 5.41) is 0. The van der Waals surface area contributed by atoms with Crippen molar-refractivity contribution in [1.29, 1.82) is 0 Å². The van der Waals surface area contributed by atoms with Gasteiger partial charge in [0.05, 0.1) is 0 Å². The van der Waals surface area contributed by atoms with Crippen LogP contribution in [-0.2, 0) is 20.7 Å². The molecule has 0 aromatic heterocycles. The van der Waals surface area contributed by atoms with Gasteiger partial charge in [0, 0.05) is 5.56 Å². The van der Waals surface area contributed by atoms with Crippen LogP contribution in [0.4, 0.5) is 0 Å². The van der Waals surface area contributed by atoms with Gasteiger partial charge in [-0.25, -0.2) is 0 Å². The summed E-state index contributed by atoms with van der Waals surface area (Å²) in [5.74, 6) is 2.12. The topological polar surface area (TPSA) is 43.4 Å². The lowest BCUT2D eigenvalue weighted by molar-refractivity contribution is -0.184. The van der Waals surface area contributed by atoms with Crippen LogP contribution in [0.5, 0.6) is 0 Å². The number of hydrogen-bond acceptors (Lipinski definition) is 3. The zero-order valence-electron chi connectivity index (χ0n) is 20.6. The molecule has 1 heterocycles. The molecule has 168 valence electrons. The van der Waals surface area contributed by atoms with E-state index in [9.17, 15) is 9.59 Å². The average molecular weight is 447 g/mol. The first-order valence-corrected chi connectivity index (χ1v) is 14.8. The van der Waals surface area contributed by atoms with Crippen molar-refractivity contribution >= 4 is 19.6 Å². The highest BCUT2D eigenvalue weighted by molar-refractivity contribution is 6.83. The third-order valence-corrected chi connectivity index (χ3v) is 6.73. The number of benzene rings is 2. The Morgan fingerprint density at radius 1 is 0.875 bits per heavy atom. The van der Waals surface area contributed by atoms with E-state index in [4.69, 9.17) is 4.74 Å². The fraction of sp³-hybridized carbons (Fsp3) is 0.429. The molecule has 0 aliphatic carbocycles. The molecule has 2 aromatic carbocycles. The molecule has 1 fully saturated rings. The molecule has 0 saturated carbocycles. The van der Waals surface area contributed by atoms with Crippen molar-refractivity contribution in [3.8, 4) is 22.6 Å². The van der Waals surface area contributed by atoms with Crippen molar-refractivity contribution in [3.05, 3.63) is 59.2 Å². The lowest BCUT2D eigenvalue weighted by Crippen LogP contribution is -2.58. The van der Waals surface area contributed by atoms with Crippen LogP contribution in [0.25, 0.3) is 11.1 Å². The number of ketones is 2. The highest BCUT2D eigenvalue weighted by atomic mass is 28.3. The smallest absolute Gasteiger partial charge is 0.179 e. The van der Waals surface area contributed by atoms with Crippen LogP contribution in [0, 0.1) is 11.5 Å². The normalized spacial score (nSPS) is 18.2. The number of carbonyl (C=O) groups is 2. The minimum Gasteiger partial charge on any atom is -0.354 e. The lowest BCUT2D eigenvalue weighted by Gasteiger charge is -2.43. The van der Waals surface area contributed by atoms with Crippen molar-refractivity contribution in [2.45, 2.75) is 77.8 Å². The third kappa shape index (κ3) is 4.95. The summed E-state index contributed by atoms with van der Waals surface area (Å²) in [4.78, 5) is 26.6. The van der Waals surface area contributed by atoms with Crippen molar-refractivity contribution < 1.29 is 14.3 Å². The Bertz CT molecular complexity index is 1080. The monoisotopic (exact) mass is 446 g/mol. The van der Waals surface area contributed by atoms with Crippen LogP contribution in [0.1, 0.15) is 57.2 Å². The van der Waals surface area contributed by atoms with E-state index >= 15 is 0 Å². The first kappa shape index (κ1) is 24.2. The molecule has 0 unspecified atom stereocenters. The summed E-state index contributed by atoms with van der Waals surface area (Å²) in [6, 6.07) is 14.3. The Balaban J connectivity index is 2.05. The van der Waals surface area contributed by atoms with Gasteiger partial charge < -0.3 is 4.74 Å². The standard InChI is InChI=1S/C28H34O3Si/c1-9-20-14-15-22(21-12-10-19(11-13-21)16-17-32(6,7)8)18-23(20)24-25(29)27(2,3)31-28(4,5)26(24)30/h10-15,18,24H,9H2,1-8H3. The molecule has 1 aliphatic heterocycles. The summed E-state index contributed by atoms with van der Waals surface area (Å²) in [5.41, 5.74) is 6.21. The number of aryl methyl sites for hydroxylation is 1. The Kier molecular flexibility index (Phi) is 6.39. The first-order valence-electron chi connectivity index (χ1n) is 11.3. The van der Waals surface area contributed by atoms with Crippen LogP contribution < -0.4 is 0 Å². The molecule has 4 heteroatoms. The molecule has 1 aliphatic rings. The predicted octanol–water partition coefficient (Wildman–Crippen LogP) is 5.95. The van der Waals surface area contributed by atoms with E-state index in [1.807, 2.05) is 24.3 Å². The summed E-state index contributed by atoms with van der Waals surface area (Å²) in [6.07, 6.45) is 0.750. The number of hydrogen-bond donors (Lipinski definition) is 0. The fourth-order valence-corrected chi connectivity index (χ4v) is 4.73. The zero-order valence-corrected chi connectivity index (χ0v) is 21.6. The van der Waals surface area contributed by atoms with E-state index in [2.05, 4.69) is 56.2 Å². The first-order chi connectivity index (χ1) is 14.7. The SMILES string of the molecule is CCc1ccc(-c2ccc(C#C[Si](C)(C)C)cc2)cc1C1C(=O)C(C)(C)OC(C)(C)C1=O. The molecule has 3 nitrogen and oxygen atoms in total. The number of rotatable bonds is 3. The Hall–Kier alpha value is -2.48. The molecular formula is C28H34O3Si. The predicted molar refractivity (Wildman–Crippen MR) is 133 cm³/mol. The molecule has 0 spiro atoms. The van der Waals surface area contributed by atoms with E-state index in [1.165, 1.54) is 0 Å². The highest BCUT2D eigenvalue weighted by Gasteiger charge is 2.53. The van der Waals surface area contributed by atoms with Crippen LogP contribution >= 0.6 is 0 Å². The van der Waals surface area contributed by atoms with Gasteiger partial charge in [-0.2, -0.15) is 0 Å². The number of Topliss-reactive ketones (excluding diaryl/α,β-unsaturated/α-hetero) is 2. The number of ether oxygens (including phenoxy) is 1. The van der Waals surface area contributed by atoms with E-state index in [0.717, 1.165) is 34.2 Å². The molecule has 0 amide bonds. The molecule has 3 rings (SSSR count). The minimum atomic E-state index is -1.43. The van der Waals surface area contributed by atoms with Crippen molar-refractivity contribution in [3.63, 3.8) is 0 Å². The Morgan fingerprint density at radius 2 is 1.41 bits per heavy atom. The Labute approximate surface area is 193 Å². The molecule has 2 aromatic rings. The second-order valence-corrected chi connectivity index (χ2v) is 15.4. The molecular weight excluding hydrogens is 412 g/mol. The summed E-state index contributed by atoms with van der Waals surface area (Å²) >= 11 is 0. The van der Waals surface area contributed by atoms with Gasteiger partial charge in [0.1, 0.15) is 25.2 Å². The van der Waals surface area contributed by atoms with Gasteiger partial charge in [-0.3, -0.25) is 9.59 Å². The van der Waals surface area contributed by atoms with E-state index in [0.29, 0.717) is 0 Å². The minimum absolute atomic E-state index is 0.175. The van der Waals surface area contributed by atoms with Gasteiger partial charge in [-0.05, 0) is 74.6 Å². The van der Waals surface area contributed by atoms with Crippen LogP contribution in [-0.4, -0.2) is 30.8 Å². The summed E-state index contributed by atoms with van der Waals surface area (Å²) in [7, 11) is -1.43. The maximum Gasteiger partial charge on any atom is 0.179 e. The van der Waals surface area contributed by atoms with Gasteiger partial charge in [0.15, 0.2) is 11.6 Å². The van der Waals surface area contributed by atoms with Crippen molar-refractivity contribution in [2.24, 2.45) is 0 Å². The van der Waals surface area contributed by atoms with Crippen LogP contribution in [0.2, 0.25) is 19.6 Å². The quantitative estimate of drug-likeness (QED) is 0.332. The van der Waals surface area contributed by atoms with Gasteiger partial charge >= 0.3 is 0 Å².